The number of nitrogens with zero attached hydrogens (tertiary/aromatic N) is 1. The van der Waals surface area contributed by atoms with Crippen LogP contribution in [-0.2, 0) is 6.42 Å². The highest BCUT2D eigenvalue weighted by Crippen LogP contribution is 2.37. The largest absolute Gasteiger partial charge is 0.479 e. The van der Waals surface area contributed by atoms with Crippen LogP contribution in [0.5, 0.6) is 5.75 Å². The molecule has 1 aliphatic heterocycles. The number of ether oxygens (including phenoxy) is 1. The fourth-order valence-electron chi connectivity index (χ4n) is 2.60. The second-order valence-electron chi connectivity index (χ2n) is 5.19. The molecule has 1 aliphatic rings. The summed E-state index contributed by atoms with van der Waals surface area (Å²) >= 11 is 1.71. The number of para-hydroxylation sites is 1. The fraction of sp³-hybridized carbons (Fsp3) is 0.235. The molecule has 21 heavy (non-hydrogen) atoms. The summed E-state index contributed by atoms with van der Waals surface area (Å²) in [7, 11) is 0. The highest BCUT2D eigenvalue weighted by atomic mass is 32.1. The number of nitrogens with one attached hydrogen (secondary N) is 1. The number of fused-ring (bicyclic) bond motifs is 2. The molecular weight excluding hydrogens is 280 g/mol. The minimum absolute atomic E-state index is 0.0117. The molecule has 0 aliphatic carbocycles. The Balaban J connectivity index is 1.65. The number of hydrogen-bond donors (Lipinski definition) is 1. The first-order chi connectivity index (χ1) is 10.3. The van der Waals surface area contributed by atoms with Crippen molar-refractivity contribution in [2.75, 3.05) is 11.9 Å². The third-order valence-corrected chi connectivity index (χ3v) is 4.91. The zero-order valence-corrected chi connectivity index (χ0v) is 12.6. The molecule has 1 aromatic heterocycles. The van der Waals surface area contributed by atoms with Gasteiger partial charge < -0.3 is 10.1 Å². The number of aryl methyl sites for hydroxylation is 1. The van der Waals surface area contributed by atoms with Crippen molar-refractivity contribution < 1.29 is 4.74 Å². The summed E-state index contributed by atoms with van der Waals surface area (Å²) in [5.74, 6) is 0.919. The molecule has 0 radical (unpaired) electrons. The molecule has 1 unspecified atom stereocenters. The van der Waals surface area contributed by atoms with Crippen molar-refractivity contribution in [1.82, 2.24) is 4.98 Å². The second-order valence-corrected chi connectivity index (χ2v) is 6.25. The van der Waals surface area contributed by atoms with Crippen molar-refractivity contribution in [3.8, 4) is 5.75 Å². The minimum Gasteiger partial charge on any atom is -0.479 e. The predicted molar refractivity (Wildman–Crippen MR) is 87.3 cm³/mol. The lowest BCUT2D eigenvalue weighted by molar-refractivity contribution is 0.210. The Morgan fingerprint density at radius 3 is 3.05 bits per heavy atom. The molecule has 0 amide bonds. The van der Waals surface area contributed by atoms with E-state index < -0.39 is 0 Å². The molecule has 4 rings (SSSR count). The smallest absolute Gasteiger partial charge is 0.167 e. The first-order valence-corrected chi connectivity index (χ1v) is 8.04. The average molecular weight is 296 g/mol. The Morgan fingerprint density at radius 2 is 2.19 bits per heavy atom. The number of anilines is 1. The van der Waals surface area contributed by atoms with Crippen LogP contribution in [0.15, 0.2) is 42.5 Å². The van der Waals surface area contributed by atoms with Gasteiger partial charge in [0.05, 0.1) is 22.4 Å². The molecule has 0 saturated carbocycles. The van der Waals surface area contributed by atoms with E-state index in [9.17, 15) is 0 Å². The summed E-state index contributed by atoms with van der Waals surface area (Å²) < 4.78 is 7.34. The van der Waals surface area contributed by atoms with Crippen molar-refractivity contribution in [3.63, 3.8) is 0 Å². The molecule has 4 heteroatoms. The fourth-order valence-corrected chi connectivity index (χ4v) is 3.60. The molecule has 0 fully saturated rings. The average Bonchev–Trinajstić information content (AvgIpc) is 2.98. The van der Waals surface area contributed by atoms with Crippen LogP contribution in [0.2, 0.25) is 0 Å². The van der Waals surface area contributed by atoms with Gasteiger partial charge in [-0.05, 0) is 36.2 Å². The highest BCUT2D eigenvalue weighted by molar-refractivity contribution is 7.18. The van der Waals surface area contributed by atoms with Crippen molar-refractivity contribution in [2.24, 2.45) is 0 Å². The van der Waals surface area contributed by atoms with Crippen molar-refractivity contribution >= 4 is 27.2 Å². The number of hydrogen-bond acceptors (Lipinski definition) is 4. The van der Waals surface area contributed by atoms with Gasteiger partial charge in [-0.2, -0.15) is 0 Å². The van der Waals surface area contributed by atoms with E-state index in [0.717, 1.165) is 34.9 Å². The van der Waals surface area contributed by atoms with Crippen LogP contribution in [0.3, 0.4) is 0 Å². The number of rotatable bonds is 2. The summed E-state index contributed by atoms with van der Waals surface area (Å²) in [4.78, 5) is 4.70. The predicted octanol–water partition coefficient (Wildman–Crippen LogP) is 4.40. The summed E-state index contributed by atoms with van der Waals surface area (Å²) in [6.45, 7) is 2.93. The number of thiazole rings is 1. The second kappa shape index (κ2) is 5.04. The van der Waals surface area contributed by atoms with E-state index in [1.54, 1.807) is 11.3 Å². The van der Waals surface area contributed by atoms with Crippen molar-refractivity contribution in [3.05, 3.63) is 53.0 Å². The Bertz CT molecular complexity index is 763. The summed E-state index contributed by atoms with van der Waals surface area (Å²) in [6.07, 6.45) is 1.03. The van der Waals surface area contributed by atoms with Gasteiger partial charge in [0.2, 0.25) is 0 Å². The van der Waals surface area contributed by atoms with E-state index in [0.29, 0.717) is 0 Å². The van der Waals surface area contributed by atoms with E-state index in [1.807, 2.05) is 18.2 Å². The van der Waals surface area contributed by atoms with Gasteiger partial charge in [-0.25, -0.2) is 4.98 Å². The van der Waals surface area contributed by atoms with Gasteiger partial charge in [-0.15, -0.1) is 11.3 Å². The highest BCUT2D eigenvalue weighted by Gasteiger charge is 2.24. The van der Waals surface area contributed by atoms with Gasteiger partial charge in [0.25, 0.3) is 0 Å². The van der Waals surface area contributed by atoms with Crippen LogP contribution >= 0.6 is 11.3 Å². The van der Waals surface area contributed by atoms with Crippen LogP contribution in [0.4, 0.5) is 5.69 Å². The maximum absolute atomic E-state index is 6.13. The van der Waals surface area contributed by atoms with Crippen molar-refractivity contribution in [1.29, 1.82) is 0 Å². The molecule has 3 aromatic rings. The van der Waals surface area contributed by atoms with Gasteiger partial charge in [0.1, 0.15) is 10.8 Å². The summed E-state index contributed by atoms with van der Waals surface area (Å²) in [5.41, 5.74) is 3.46. The molecule has 1 atom stereocenters. The first-order valence-electron chi connectivity index (χ1n) is 7.22. The van der Waals surface area contributed by atoms with Gasteiger partial charge in [-0.1, -0.05) is 25.1 Å². The van der Waals surface area contributed by atoms with E-state index in [2.05, 4.69) is 36.5 Å². The van der Waals surface area contributed by atoms with Crippen LogP contribution in [0.1, 0.15) is 23.6 Å². The normalized spacial score (nSPS) is 17.1. The van der Waals surface area contributed by atoms with Gasteiger partial charge in [0, 0.05) is 0 Å². The molecule has 0 bridgehead atoms. The number of aromatic nitrogens is 1. The van der Waals surface area contributed by atoms with Gasteiger partial charge in [0.15, 0.2) is 6.10 Å². The quantitative estimate of drug-likeness (QED) is 0.761. The van der Waals surface area contributed by atoms with E-state index in [4.69, 9.17) is 9.72 Å². The zero-order chi connectivity index (χ0) is 14.2. The lowest BCUT2D eigenvalue weighted by Gasteiger charge is -2.26. The summed E-state index contributed by atoms with van der Waals surface area (Å²) in [6, 6.07) is 14.6. The van der Waals surface area contributed by atoms with Crippen LogP contribution in [-0.4, -0.2) is 11.5 Å². The van der Waals surface area contributed by atoms with Crippen LogP contribution < -0.4 is 10.1 Å². The monoisotopic (exact) mass is 296 g/mol. The van der Waals surface area contributed by atoms with Gasteiger partial charge >= 0.3 is 0 Å². The first kappa shape index (κ1) is 12.7. The topological polar surface area (TPSA) is 34.2 Å². The Kier molecular flexibility index (Phi) is 3.04. The maximum atomic E-state index is 6.13. The molecule has 0 spiro atoms. The Labute approximate surface area is 127 Å². The Morgan fingerprint density at radius 1 is 1.29 bits per heavy atom. The minimum atomic E-state index is -0.0117. The van der Waals surface area contributed by atoms with E-state index in [1.165, 1.54) is 10.3 Å². The van der Waals surface area contributed by atoms with Gasteiger partial charge in [-0.3, -0.25) is 0 Å². The molecule has 106 valence electrons. The molecule has 0 saturated heterocycles. The van der Waals surface area contributed by atoms with Crippen molar-refractivity contribution in [2.45, 2.75) is 19.4 Å². The Hall–Kier alpha value is -2.07. The number of benzene rings is 2. The molecule has 1 N–H and O–H groups in total. The zero-order valence-electron chi connectivity index (χ0n) is 11.8. The van der Waals surface area contributed by atoms with E-state index >= 15 is 0 Å². The molecular formula is C17H16N2OS. The lowest BCUT2D eigenvalue weighted by atomic mass is 10.1. The third kappa shape index (κ3) is 2.25. The van der Waals surface area contributed by atoms with Crippen LogP contribution in [0.25, 0.3) is 10.2 Å². The standard InChI is InChI=1S/C17H16N2OS/c1-2-11-7-8-14-13(9-11)18-10-15(20-14)17-19-12-5-3-4-6-16(12)21-17/h3-9,15,18H,2,10H2,1H3. The molecule has 3 nitrogen and oxygen atoms in total. The molecule has 2 aromatic carbocycles. The maximum Gasteiger partial charge on any atom is 0.167 e. The SMILES string of the molecule is CCc1ccc2c(c1)NCC(c1nc3ccccc3s1)O2. The third-order valence-electron chi connectivity index (χ3n) is 3.79. The summed E-state index contributed by atoms with van der Waals surface area (Å²) in [5, 5.41) is 4.51. The molecule has 2 heterocycles. The van der Waals surface area contributed by atoms with Crippen LogP contribution in [0, 0.1) is 0 Å². The van der Waals surface area contributed by atoms with E-state index in [-0.39, 0.29) is 6.10 Å². The lowest BCUT2D eigenvalue weighted by Crippen LogP contribution is -2.23.